The van der Waals surface area contributed by atoms with Gasteiger partial charge in [0.05, 0.1) is 17.1 Å². The number of para-hydroxylation sites is 1. The second-order valence-electron chi connectivity index (χ2n) is 9.63. The second kappa shape index (κ2) is 11.0. The second-order valence-corrected chi connectivity index (χ2v) is 10.4. The maximum Gasteiger partial charge on any atom is 0.270 e. The molecule has 5 nitrogen and oxygen atoms in total. The van der Waals surface area contributed by atoms with Crippen molar-refractivity contribution in [3.63, 3.8) is 0 Å². The van der Waals surface area contributed by atoms with Crippen molar-refractivity contribution in [3.8, 4) is 28.2 Å². The molecule has 1 saturated heterocycles. The Hall–Kier alpha value is -4.78. The molecule has 0 aliphatic carbocycles. The summed E-state index contributed by atoms with van der Waals surface area (Å²) in [5.74, 6) is -1.08. The number of anilines is 1. The Labute approximate surface area is 248 Å². The monoisotopic (exact) mass is 573 g/mol. The number of benzene rings is 4. The molecule has 0 atom stereocenters. The molecule has 200 valence electrons. The fraction of sp³-hybridized carbons (Fsp3) is 0.0294. The molecule has 2 heterocycles. The van der Waals surface area contributed by atoms with E-state index in [1.807, 2.05) is 110 Å². The molecule has 2 amide bonds. The summed E-state index contributed by atoms with van der Waals surface area (Å²) in [5, 5.41) is 3.19. The summed E-state index contributed by atoms with van der Waals surface area (Å²) in [6.07, 6.45) is 1.65. The summed E-state index contributed by atoms with van der Waals surface area (Å²) in [4.78, 5) is 28.4. The lowest BCUT2D eigenvalue weighted by atomic mass is 10.0. The molecule has 0 saturated carbocycles. The third-order valence-electron chi connectivity index (χ3n) is 6.98. The minimum absolute atomic E-state index is 0.00665. The number of aromatic nitrogens is 1. The van der Waals surface area contributed by atoms with E-state index in [2.05, 4.69) is 9.88 Å². The lowest BCUT2D eigenvalue weighted by Crippen LogP contribution is -2.54. The SMILES string of the molecule is Cc1ccc(N2C(=O)/C(=C\c3cc(-c4ccccc4)n(-c4ccccc4)c3-c3ccccc3)C(=O)NC2=S)cc1Cl. The predicted octanol–water partition coefficient (Wildman–Crippen LogP) is 7.60. The highest BCUT2D eigenvalue weighted by Crippen LogP contribution is 2.38. The van der Waals surface area contributed by atoms with Crippen LogP contribution in [0, 0.1) is 6.92 Å². The Morgan fingerprint density at radius 2 is 1.37 bits per heavy atom. The normalized spacial score (nSPS) is 14.4. The summed E-state index contributed by atoms with van der Waals surface area (Å²) in [6, 6.07) is 37.2. The van der Waals surface area contributed by atoms with Gasteiger partial charge in [0.1, 0.15) is 5.57 Å². The Morgan fingerprint density at radius 1 is 0.756 bits per heavy atom. The van der Waals surface area contributed by atoms with Crippen molar-refractivity contribution in [2.24, 2.45) is 0 Å². The first-order valence-corrected chi connectivity index (χ1v) is 13.8. The van der Waals surface area contributed by atoms with Crippen molar-refractivity contribution >= 4 is 52.5 Å². The van der Waals surface area contributed by atoms with Crippen LogP contribution < -0.4 is 10.2 Å². The molecular formula is C34H24ClN3O2S. The fourth-order valence-corrected chi connectivity index (χ4v) is 5.42. The van der Waals surface area contributed by atoms with Crippen molar-refractivity contribution in [1.29, 1.82) is 0 Å². The number of aryl methyl sites for hydroxylation is 1. The van der Waals surface area contributed by atoms with Crippen LogP contribution in [0.3, 0.4) is 0 Å². The van der Waals surface area contributed by atoms with Gasteiger partial charge in [-0.2, -0.15) is 0 Å². The van der Waals surface area contributed by atoms with E-state index in [0.29, 0.717) is 16.3 Å². The summed E-state index contributed by atoms with van der Waals surface area (Å²) in [5.41, 5.74) is 6.69. The zero-order valence-corrected chi connectivity index (χ0v) is 23.6. The molecule has 0 unspecified atom stereocenters. The zero-order valence-electron chi connectivity index (χ0n) is 22.0. The van der Waals surface area contributed by atoms with Crippen LogP contribution in [0.25, 0.3) is 34.3 Å². The minimum atomic E-state index is -0.554. The molecule has 1 aliphatic heterocycles. The third kappa shape index (κ3) is 4.99. The van der Waals surface area contributed by atoms with Gasteiger partial charge < -0.3 is 4.57 Å². The molecule has 4 aromatic carbocycles. The smallest absolute Gasteiger partial charge is 0.270 e. The number of thiocarbonyl (C=S) groups is 1. The number of carbonyl (C=O) groups is 2. The first-order valence-electron chi connectivity index (χ1n) is 13.0. The van der Waals surface area contributed by atoms with Gasteiger partial charge in [-0.15, -0.1) is 0 Å². The summed E-state index contributed by atoms with van der Waals surface area (Å²) in [6.45, 7) is 1.88. The maximum absolute atomic E-state index is 13.9. The van der Waals surface area contributed by atoms with E-state index < -0.39 is 11.8 Å². The van der Waals surface area contributed by atoms with Crippen molar-refractivity contribution in [2.45, 2.75) is 6.92 Å². The van der Waals surface area contributed by atoms with Crippen LogP contribution in [0.1, 0.15) is 11.1 Å². The van der Waals surface area contributed by atoms with Gasteiger partial charge in [0.25, 0.3) is 11.8 Å². The van der Waals surface area contributed by atoms with Gasteiger partial charge in [-0.1, -0.05) is 96.5 Å². The first-order chi connectivity index (χ1) is 19.9. The number of hydrogen-bond donors (Lipinski definition) is 1. The molecule has 5 aromatic rings. The molecule has 1 fully saturated rings. The van der Waals surface area contributed by atoms with E-state index in [9.17, 15) is 9.59 Å². The van der Waals surface area contributed by atoms with Crippen LogP contribution in [0.2, 0.25) is 5.02 Å². The van der Waals surface area contributed by atoms with Gasteiger partial charge in [0.15, 0.2) is 5.11 Å². The van der Waals surface area contributed by atoms with Gasteiger partial charge in [-0.3, -0.25) is 19.8 Å². The van der Waals surface area contributed by atoms with Gasteiger partial charge in [0.2, 0.25) is 0 Å². The van der Waals surface area contributed by atoms with Crippen molar-refractivity contribution in [2.75, 3.05) is 4.90 Å². The highest BCUT2D eigenvalue weighted by molar-refractivity contribution is 7.80. The molecule has 1 aromatic heterocycles. The lowest BCUT2D eigenvalue weighted by Gasteiger charge is -2.29. The summed E-state index contributed by atoms with van der Waals surface area (Å²) < 4.78 is 2.16. The van der Waals surface area contributed by atoms with Gasteiger partial charge in [-0.05, 0) is 72.2 Å². The van der Waals surface area contributed by atoms with Crippen LogP contribution in [-0.4, -0.2) is 21.5 Å². The van der Waals surface area contributed by atoms with Crippen LogP contribution in [0.15, 0.2) is 121 Å². The van der Waals surface area contributed by atoms with Crippen LogP contribution >= 0.6 is 23.8 Å². The maximum atomic E-state index is 13.9. The topological polar surface area (TPSA) is 54.3 Å². The fourth-order valence-electron chi connectivity index (χ4n) is 4.97. The quantitative estimate of drug-likeness (QED) is 0.134. The largest absolute Gasteiger partial charge is 0.309 e. The van der Waals surface area contributed by atoms with Gasteiger partial charge >= 0.3 is 0 Å². The predicted molar refractivity (Wildman–Crippen MR) is 169 cm³/mol. The molecule has 0 bridgehead atoms. The number of nitrogens with one attached hydrogen (secondary N) is 1. The third-order valence-corrected chi connectivity index (χ3v) is 7.67. The number of nitrogens with zero attached hydrogens (tertiary/aromatic N) is 2. The molecule has 0 radical (unpaired) electrons. The lowest BCUT2D eigenvalue weighted by molar-refractivity contribution is -0.122. The Bertz CT molecular complexity index is 1830. The Kier molecular flexibility index (Phi) is 7.10. The highest BCUT2D eigenvalue weighted by Gasteiger charge is 2.35. The number of halogens is 1. The average molecular weight is 574 g/mol. The van der Waals surface area contributed by atoms with Crippen molar-refractivity contribution < 1.29 is 9.59 Å². The standard InChI is InChI=1S/C34H24ClN3O2S/c1-22-17-18-27(21-29(22)35)38-33(40)28(32(39)36-34(38)41)19-25-20-30(23-11-5-2-6-12-23)37(26-15-9-4-10-16-26)31(25)24-13-7-3-8-14-24/h2-21H,1H3,(H,36,39,41)/b28-19-. The van der Waals surface area contributed by atoms with Crippen molar-refractivity contribution in [1.82, 2.24) is 9.88 Å². The van der Waals surface area contributed by atoms with Crippen LogP contribution in [0.4, 0.5) is 5.69 Å². The molecule has 6 rings (SSSR count). The van der Waals surface area contributed by atoms with Crippen LogP contribution in [-0.2, 0) is 9.59 Å². The van der Waals surface area contributed by atoms with E-state index in [4.69, 9.17) is 23.8 Å². The molecule has 1 aliphatic rings. The number of hydrogen-bond acceptors (Lipinski definition) is 3. The van der Waals surface area contributed by atoms with E-state index in [-0.39, 0.29) is 10.7 Å². The molecule has 0 spiro atoms. The summed E-state index contributed by atoms with van der Waals surface area (Å²) in [7, 11) is 0. The zero-order chi connectivity index (χ0) is 28.5. The molecule has 41 heavy (non-hydrogen) atoms. The number of rotatable bonds is 5. The van der Waals surface area contributed by atoms with E-state index in [1.165, 1.54) is 4.90 Å². The molecule has 7 heteroatoms. The Morgan fingerprint density at radius 3 is 2.00 bits per heavy atom. The number of amides is 2. The highest BCUT2D eigenvalue weighted by atomic mass is 35.5. The Balaban J connectivity index is 1.58. The average Bonchev–Trinajstić information content (AvgIpc) is 3.37. The van der Waals surface area contributed by atoms with E-state index >= 15 is 0 Å². The summed E-state index contributed by atoms with van der Waals surface area (Å²) >= 11 is 11.8. The first kappa shape index (κ1) is 26.4. The van der Waals surface area contributed by atoms with Crippen LogP contribution in [0.5, 0.6) is 0 Å². The minimum Gasteiger partial charge on any atom is -0.309 e. The number of carbonyl (C=O) groups excluding carboxylic acids is 2. The van der Waals surface area contributed by atoms with Gasteiger partial charge in [-0.25, -0.2) is 0 Å². The molecular weight excluding hydrogens is 550 g/mol. The van der Waals surface area contributed by atoms with E-state index in [1.54, 1.807) is 18.2 Å². The van der Waals surface area contributed by atoms with Crippen molar-refractivity contribution in [3.05, 3.63) is 137 Å². The van der Waals surface area contributed by atoms with Gasteiger partial charge in [0, 0.05) is 16.3 Å². The van der Waals surface area contributed by atoms with E-state index in [0.717, 1.165) is 33.8 Å². The molecule has 1 N–H and O–H groups in total.